The van der Waals surface area contributed by atoms with Crippen molar-refractivity contribution in [2.24, 2.45) is 0 Å². The van der Waals surface area contributed by atoms with Crippen molar-refractivity contribution >= 4 is 0 Å². The van der Waals surface area contributed by atoms with Crippen LogP contribution in [0.5, 0.6) is 5.75 Å². The summed E-state index contributed by atoms with van der Waals surface area (Å²) in [7, 11) is 0. The first kappa shape index (κ1) is 8.57. The van der Waals surface area contributed by atoms with Gasteiger partial charge in [0, 0.05) is 0 Å². The predicted molar refractivity (Wildman–Crippen MR) is 43.3 cm³/mol. The van der Waals surface area contributed by atoms with Crippen LogP contribution in [0.4, 0.5) is 0 Å². The maximum Gasteiger partial charge on any atom is 0.116 e. The van der Waals surface area contributed by atoms with Gasteiger partial charge in [-0.3, -0.25) is 0 Å². The van der Waals surface area contributed by atoms with E-state index >= 15 is 0 Å². The number of phenolic OH excluding ortho intramolecular Hbond substituents is 1. The van der Waals surface area contributed by atoms with Crippen molar-refractivity contribution in [3.05, 3.63) is 29.3 Å². The van der Waals surface area contributed by atoms with Gasteiger partial charge in [0.05, 0.1) is 19.1 Å². The highest BCUT2D eigenvalue weighted by atomic mass is 16.3. The second kappa shape index (κ2) is 3.74. The van der Waals surface area contributed by atoms with Crippen molar-refractivity contribution in [2.75, 3.05) is 0 Å². The molecule has 0 aromatic heterocycles. The first-order valence-electron chi connectivity index (χ1n) is 3.56. The molecule has 0 unspecified atom stereocenters. The van der Waals surface area contributed by atoms with Crippen molar-refractivity contribution in [1.82, 2.24) is 0 Å². The summed E-state index contributed by atoms with van der Waals surface area (Å²) in [5, 5.41) is 26.3. The summed E-state index contributed by atoms with van der Waals surface area (Å²) in [5.41, 5.74) is 1.35. The Labute approximate surface area is 70.5 Å². The summed E-state index contributed by atoms with van der Waals surface area (Å²) >= 11 is 0. The van der Waals surface area contributed by atoms with Crippen LogP contribution in [0.15, 0.2) is 18.2 Å². The molecule has 0 aliphatic heterocycles. The zero-order valence-corrected chi connectivity index (χ0v) is 6.49. The van der Waals surface area contributed by atoms with Gasteiger partial charge in [0.2, 0.25) is 0 Å². The molecule has 2 N–H and O–H groups in total. The van der Waals surface area contributed by atoms with E-state index in [0.29, 0.717) is 5.56 Å². The van der Waals surface area contributed by atoms with Gasteiger partial charge >= 0.3 is 0 Å². The Morgan fingerprint density at radius 2 is 1.92 bits per heavy atom. The molecule has 1 aromatic rings. The topological polar surface area (TPSA) is 64.2 Å². The van der Waals surface area contributed by atoms with Gasteiger partial charge in [-0.15, -0.1) is 0 Å². The maximum absolute atomic E-state index is 9.13. The quantitative estimate of drug-likeness (QED) is 0.682. The van der Waals surface area contributed by atoms with Crippen LogP contribution in [0.2, 0.25) is 0 Å². The number of nitrogens with zero attached hydrogens (tertiary/aromatic N) is 1. The lowest BCUT2D eigenvalue weighted by Gasteiger charge is -2.00. The van der Waals surface area contributed by atoms with Crippen molar-refractivity contribution in [3.8, 4) is 11.8 Å². The fourth-order valence-corrected chi connectivity index (χ4v) is 1.03. The van der Waals surface area contributed by atoms with Crippen LogP contribution in [0.1, 0.15) is 11.1 Å². The van der Waals surface area contributed by atoms with E-state index in [1.807, 2.05) is 6.07 Å². The van der Waals surface area contributed by atoms with Gasteiger partial charge in [-0.25, -0.2) is 0 Å². The Bertz CT molecular complexity index is 315. The third-order valence-electron chi connectivity index (χ3n) is 1.50. The standard InChI is InChI=1S/C9H9NO2/c10-2-1-7-3-8(6-11)5-9(12)4-7/h3-5,11-12H,1,6H2. The zero-order valence-electron chi connectivity index (χ0n) is 6.49. The molecule has 0 amide bonds. The minimum atomic E-state index is -0.118. The number of hydrogen-bond acceptors (Lipinski definition) is 3. The Kier molecular flexibility index (Phi) is 2.67. The third kappa shape index (κ3) is 1.97. The highest BCUT2D eigenvalue weighted by molar-refractivity contribution is 5.34. The average Bonchev–Trinajstić information content (AvgIpc) is 2.04. The fraction of sp³-hybridized carbons (Fsp3) is 0.222. The smallest absolute Gasteiger partial charge is 0.116 e. The van der Waals surface area contributed by atoms with E-state index in [0.717, 1.165) is 5.56 Å². The molecule has 0 heterocycles. The van der Waals surface area contributed by atoms with Gasteiger partial charge in [-0.05, 0) is 23.3 Å². The molecule has 0 aliphatic rings. The summed E-state index contributed by atoms with van der Waals surface area (Å²) in [5.74, 6) is 0.0896. The molecule has 0 saturated carbocycles. The predicted octanol–water partition coefficient (Wildman–Crippen LogP) is 0.951. The van der Waals surface area contributed by atoms with Crippen LogP contribution in [0.25, 0.3) is 0 Å². The van der Waals surface area contributed by atoms with Crippen LogP contribution in [-0.4, -0.2) is 10.2 Å². The van der Waals surface area contributed by atoms with Crippen molar-refractivity contribution in [3.63, 3.8) is 0 Å². The molecule has 0 atom stereocenters. The first-order valence-corrected chi connectivity index (χ1v) is 3.56. The van der Waals surface area contributed by atoms with Crippen molar-refractivity contribution in [1.29, 1.82) is 5.26 Å². The number of phenols is 1. The molecule has 1 rings (SSSR count). The second-order valence-electron chi connectivity index (χ2n) is 2.50. The summed E-state index contributed by atoms with van der Waals surface area (Å²) in [4.78, 5) is 0. The zero-order chi connectivity index (χ0) is 8.97. The SMILES string of the molecule is N#CCc1cc(O)cc(CO)c1. The minimum absolute atomic E-state index is 0.0896. The Hall–Kier alpha value is -1.53. The highest BCUT2D eigenvalue weighted by Gasteiger charge is 1.98. The molecule has 0 aliphatic carbocycles. The molecular weight excluding hydrogens is 154 g/mol. The van der Waals surface area contributed by atoms with E-state index in [2.05, 4.69) is 0 Å². The Morgan fingerprint density at radius 1 is 1.25 bits per heavy atom. The van der Waals surface area contributed by atoms with Crippen molar-refractivity contribution < 1.29 is 10.2 Å². The van der Waals surface area contributed by atoms with E-state index in [-0.39, 0.29) is 18.8 Å². The highest BCUT2D eigenvalue weighted by Crippen LogP contribution is 2.15. The summed E-state index contributed by atoms with van der Waals surface area (Å²) in [6.07, 6.45) is 0.251. The van der Waals surface area contributed by atoms with Crippen LogP contribution in [0.3, 0.4) is 0 Å². The number of rotatable bonds is 2. The molecule has 62 valence electrons. The van der Waals surface area contributed by atoms with Gasteiger partial charge in [0.15, 0.2) is 0 Å². The number of nitriles is 1. The van der Waals surface area contributed by atoms with E-state index in [9.17, 15) is 0 Å². The minimum Gasteiger partial charge on any atom is -0.508 e. The lowest BCUT2D eigenvalue weighted by molar-refractivity contribution is 0.281. The van der Waals surface area contributed by atoms with Crippen LogP contribution in [-0.2, 0) is 13.0 Å². The van der Waals surface area contributed by atoms with Gasteiger partial charge in [0.25, 0.3) is 0 Å². The van der Waals surface area contributed by atoms with Gasteiger partial charge in [-0.2, -0.15) is 5.26 Å². The molecule has 0 fully saturated rings. The number of aromatic hydroxyl groups is 1. The normalized spacial score (nSPS) is 9.33. The second-order valence-corrected chi connectivity index (χ2v) is 2.50. The van der Waals surface area contributed by atoms with Gasteiger partial charge in [-0.1, -0.05) is 6.07 Å². The van der Waals surface area contributed by atoms with Crippen LogP contribution in [0, 0.1) is 11.3 Å². The molecule has 3 nitrogen and oxygen atoms in total. The number of aliphatic hydroxyl groups is 1. The van der Waals surface area contributed by atoms with Gasteiger partial charge < -0.3 is 10.2 Å². The molecule has 3 heteroatoms. The average molecular weight is 163 g/mol. The first-order chi connectivity index (χ1) is 5.76. The third-order valence-corrected chi connectivity index (χ3v) is 1.50. The number of aliphatic hydroxyl groups excluding tert-OH is 1. The molecule has 12 heavy (non-hydrogen) atoms. The lowest BCUT2D eigenvalue weighted by atomic mass is 10.1. The molecular formula is C9H9NO2. The largest absolute Gasteiger partial charge is 0.508 e. The van der Waals surface area contributed by atoms with Crippen molar-refractivity contribution in [2.45, 2.75) is 13.0 Å². The van der Waals surface area contributed by atoms with Crippen LogP contribution >= 0.6 is 0 Å². The molecule has 0 bridgehead atoms. The summed E-state index contributed by atoms with van der Waals surface area (Å²) in [6.45, 7) is -0.118. The van der Waals surface area contributed by atoms with Gasteiger partial charge in [0.1, 0.15) is 5.75 Å². The van der Waals surface area contributed by atoms with Crippen LogP contribution < -0.4 is 0 Å². The van der Waals surface area contributed by atoms with E-state index in [1.165, 1.54) is 12.1 Å². The number of benzene rings is 1. The summed E-state index contributed by atoms with van der Waals surface area (Å²) < 4.78 is 0. The van der Waals surface area contributed by atoms with E-state index in [1.54, 1.807) is 6.07 Å². The molecule has 1 aromatic carbocycles. The summed E-state index contributed by atoms with van der Waals surface area (Å²) in [6, 6.07) is 6.66. The Balaban J connectivity index is 2.99. The van der Waals surface area contributed by atoms with E-state index in [4.69, 9.17) is 15.5 Å². The van der Waals surface area contributed by atoms with E-state index < -0.39 is 0 Å². The molecule has 0 radical (unpaired) electrons. The number of hydrogen-bond donors (Lipinski definition) is 2. The fourth-order valence-electron chi connectivity index (χ4n) is 1.03. The molecule has 0 saturated heterocycles. The maximum atomic E-state index is 9.13. The molecule has 0 spiro atoms. The Morgan fingerprint density at radius 3 is 2.50 bits per heavy atom. The monoisotopic (exact) mass is 163 g/mol. The lowest BCUT2D eigenvalue weighted by Crippen LogP contribution is -1.87.